The number of imidazole rings is 1. The fourth-order valence-corrected chi connectivity index (χ4v) is 4.69. The van der Waals surface area contributed by atoms with Crippen molar-refractivity contribution in [3.63, 3.8) is 0 Å². The monoisotopic (exact) mass is 416 g/mol. The lowest BCUT2D eigenvalue weighted by Crippen LogP contribution is -2.27. The van der Waals surface area contributed by atoms with Crippen LogP contribution in [0.25, 0.3) is 16.0 Å². The fourth-order valence-electron chi connectivity index (χ4n) is 3.70. The van der Waals surface area contributed by atoms with Crippen LogP contribution >= 0.6 is 11.3 Å². The third kappa shape index (κ3) is 4.61. The molecule has 7 nitrogen and oxygen atoms in total. The average molecular weight is 417 g/mol. The second-order valence-corrected chi connectivity index (χ2v) is 8.62. The zero-order chi connectivity index (χ0) is 20.2. The number of ether oxygens (including phenoxy) is 1. The van der Waals surface area contributed by atoms with Crippen molar-refractivity contribution in [2.45, 2.75) is 38.3 Å². The van der Waals surface area contributed by atoms with Crippen molar-refractivity contribution in [2.75, 3.05) is 33.4 Å². The molecule has 29 heavy (non-hydrogen) atoms. The number of amides is 1. The molecular formula is C21H28N4O3S. The van der Waals surface area contributed by atoms with Crippen LogP contribution < -0.4 is 5.32 Å². The van der Waals surface area contributed by atoms with Gasteiger partial charge in [0.1, 0.15) is 4.88 Å². The molecule has 8 heteroatoms. The number of rotatable bonds is 9. The SMILES string of the molecule is CN(CCCCO)C(=O)c1cn2c(nc3ccc(CNC[C@H]4CCCO4)cc32)s1. The summed E-state index contributed by atoms with van der Waals surface area (Å²) in [4.78, 5) is 20.6. The molecule has 3 heterocycles. The van der Waals surface area contributed by atoms with Gasteiger partial charge in [-0.3, -0.25) is 9.20 Å². The van der Waals surface area contributed by atoms with E-state index >= 15 is 0 Å². The molecule has 0 unspecified atom stereocenters. The lowest BCUT2D eigenvalue weighted by Gasteiger charge is -2.15. The van der Waals surface area contributed by atoms with Crippen molar-refractivity contribution in [2.24, 2.45) is 0 Å². The van der Waals surface area contributed by atoms with E-state index in [0.717, 1.165) is 55.0 Å². The summed E-state index contributed by atoms with van der Waals surface area (Å²) < 4.78 is 7.67. The molecule has 1 atom stereocenters. The van der Waals surface area contributed by atoms with E-state index in [4.69, 9.17) is 9.84 Å². The number of benzene rings is 1. The lowest BCUT2D eigenvalue weighted by molar-refractivity contribution is 0.0794. The van der Waals surface area contributed by atoms with E-state index in [0.29, 0.717) is 23.9 Å². The Labute approximate surface area is 174 Å². The summed E-state index contributed by atoms with van der Waals surface area (Å²) >= 11 is 1.42. The van der Waals surface area contributed by atoms with Crippen molar-refractivity contribution >= 4 is 33.2 Å². The van der Waals surface area contributed by atoms with E-state index in [1.54, 1.807) is 11.9 Å². The number of nitrogens with zero attached hydrogens (tertiary/aromatic N) is 3. The molecule has 0 aliphatic carbocycles. The average Bonchev–Trinajstić information content (AvgIpc) is 3.44. The maximum absolute atomic E-state index is 12.7. The Morgan fingerprint density at radius 2 is 2.34 bits per heavy atom. The molecule has 0 spiro atoms. The number of thiazole rings is 1. The van der Waals surface area contributed by atoms with Crippen LogP contribution in [-0.4, -0.2) is 64.8 Å². The first kappa shape index (κ1) is 20.3. The maximum atomic E-state index is 12.7. The molecular weight excluding hydrogens is 388 g/mol. The number of nitrogens with one attached hydrogen (secondary N) is 1. The zero-order valence-corrected chi connectivity index (χ0v) is 17.6. The van der Waals surface area contributed by atoms with E-state index in [9.17, 15) is 4.79 Å². The molecule has 1 aliphatic heterocycles. The maximum Gasteiger partial charge on any atom is 0.265 e. The van der Waals surface area contributed by atoms with Gasteiger partial charge in [0.05, 0.1) is 17.1 Å². The standard InChI is InChI=1S/C21H28N4O3S/c1-24(8-2-3-9-26)20(27)19-14-25-18-11-15(6-7-17(18)23-21(25)29-19)12-22-13-16-5-4-10-28-16/h6-7,11,14,16,22,26H,2-5,8-10,12-13H2,1H3/t16-/m1/s1. The second kappa shape index (κ2) is 9.21. The van der Waals surface area contributed by atoms with Crippen LogP contribution in [0.2, 0.25) is 0 Å². The number of aromatic nitrogens is 2. The lowest BCUT2D eigenvalue weighted by atomic mass is 10.2. The molecule has 4 rings (SSSR count). The Balaban J connectivity index is 1.46. The van der Waals surface area contributed by atoms with Crippen molar-refractivity contribution in [1.82, 2.24) is 19.6 Å². The summed E-state index contributed by atoms with van der Waals surface area (Å²) in [5, 5.41) is 12.4. The predicted molar refractivity (Wildman–Crippen MR) is 115 cm³/mol. The summed E-state index contributed by atoms with van der Waals surface area (Å²) in [6.45, 7) is 3.33. The van der Waals surface area contributed by atoms with E-state index in [2.05, 4.69) is 22.4 Å². The van der Waals surface area contributed by atoms with Gasteiger partial charge in [0.15, 0.2) is 4.96 Å². The Hall–Kier alpha value is -2.00. The van der Waals surface area contributed by atoms with E-state index in [-0.39, 0.29) is 12.5 Å². The first-order valence-corrected chi connectivity index (χ1v) is 11.1. The molecule has 1 amide bonds. The Kier molecular flexibility index (Phi) is 6.44. The molecule has 1 aromatic carbocycles. The van der Waals surface area contributed by atoms with Gasteiger partial charge in [-0.25, -0.2) is 4.98 Å². The van der Waals surface area contributed by atoms with Crippen LogP contribution in [-0.2, 0) is 11.3 Å². The van der Waals surface area contributed by atoms with Crippen LogP contribution in [0.15, 0.2) is 24.4 Å². The minimum atomic E-state index is 0.000902. The number of aliphatic hydroxyl groups excluding tert-OH is 1. The molecule has 0 saturated carbocycles. The van der Waals surface area contributed by atoms with Crippen molar-refractivity contribution in [3.05, 3.63) is 34.8 Å². The minimum absolute atomic E-state index is 0.000902. The summed E-state index contributed by atoms with van der Waals surface area (Å²) in [7, 11) is 1.80. The molecule has 0 bridgehead atoms. The third-order valence-corrected chi connectivity index (χ3v) is 6.32. The second-order valence-electron chi connectivity index (χ2n) is 7.61. The highest BCUT2D eigenvalue weighted by atomic mass is 32.1. The summed E-state index contributed by atoms with van der Waals surface area (Å²) in [5.41, 5.74) is 3.15. The van der Waals surface area contributed by atoms with Gasteiger partial charge in [-0.15, -0.1) is 0 Å². The van der Waals surface area contributed by atoms with Crippen molar-refractivity contribution in [3.8, 4) is 0 Å². The minimum Gasteiger partial charge on any atom is -0.396 e. The van der Waals surface area contributed by atoms with E-state index in [1.807, 2.05) is 16.7 Å². The molecule has 1 aliphatic rings. The molecule has 1 fully saturated rings. The summed E-state index contributed by atoms with van der Waals surface area (Å²) in [5.74, 6) is 0.000902. The van der Waals surface area contributed by atoms with Gasteiger partial charge < -0.3 is 20.1 Å². The molecule has 156 valence electrons. The summed E-state index contributed by atoms with van der Waals surface area (Å²) in [6.07, 6.45) is 6.02. The number of hydrogen-bond donors (Lipinski definition) is 2. The van der Waals surface area contributed by atoms with Gasteiger partial charge in [-0.2, -0.15) is 0 Å². The van der Waals surface area contributed by atoms with Gasteiger partial charge in [0, 0.05) is 46.1 Å². The van der Waals surface area contributed by atoms with Crippen molar-refractivity contribution < 1.29 is 14.6 Å². The van der Waals surface area contributed by atoms with Crippen LogP contribution in [0.3, 0.4) is 0 Å². The smallest absolute Gasteiger partial charge is 0.265 e. The predicted octanol–water partition coefficient (Wildman–Crippen LogP) is 2.66. The topological polar surface area (TPSA) is 79.1 Å². The Morgan fingerprint density at radius 3 is 3.14 bits per heavy atom. The van der Waals surface area contributed by atoms with E-state index in [1.165, 1.54) is 16.9 Å². The largest absolute Gasteiger partial charge is 0.396 e. The number of unbranched alkanes of at least 4 members (excludes halogenated alkanes) is 1. The number of fused-ring (bicyclic) bond motifs is 3. The Bertz CT molecular complexity index is 977. The fraction of sp³-hybridized carbons (Fsp3) is 0.524. The van der Waals surface area contributed by atoms with Crippen LogP contribution in [0.1, 0.15) is 40.9 Å². The van der Waals surface area contributed by atoms with E-state index < -0.39 is 0 Å². The van der Waals surface area contributed by atoms with Gasteiger partial charge in [-0.05, 0) is 43.4 Å². The van der Waals surface area contributed by atoms with Crippen LogP contribution in [0.5, 0.6) is 0 Å². The molecule has 2 N–H and O–H groups in total. The molecule has 0 radical (unpaired) electrons. The van der Waals surface area contributed by atoms with Gasteiger partial charge in [0.2, 0.25) is 0 Å². The number of aliphatic hydroxyl groups is 1. The van der Waals surface area contributed by atoms with Crippen LogP contribution in [0, 0.1) is 0 Å². The molecule has 3 aromatic rings. The molecule has 1 saturated heterocycles. The number of hydrogen-bond acceptors (Lipinski definition) is 6. The quantitative estimate of drug-likeness (QED) is 0.525. The van der Waals surface area contributed by atoms with Crippen LogP contribution in [0.4, 0.5) is 0 Å². The van der Waals surface area contributed by atoms with Gasteiger partial charge in [-0.1, -0.05) is 17.4 Å². The van der Waals surface area contributed by atoms with Crippen molar-refractivity contribution in [1.29, 1.82) is 0 Å². The molecule has 2 aromatic heterocycles. The normalized spacial score (nSPS) is 16.8. The first-order valence-electron chi connectivity index (χ1n) is 10.2. The highest BCUT2D eigenvalue weighted by molar-refractivity contribution is 7.18. The Morgan fingerprint density at radius 1 is 1.45 bits per heavy atom. The van der Waals surface area contributed by atoms with Gasteiger partial charge >= 0.3 is 0 Å². The highest BCUT2D eigenvalue weighted by Gasteiger charge is 2.18. The zero-order valence-electron chi connectivity index (χ0n) is 16.8. The summed E-state index contributed by atoms with van der Waals surface area (Å²) in [6, 6.07) is 6.29. The van der Waals surface area contributed by atoms with Gasteiger partial charge in [0.25, 0.3) is 5.91 Å². The first-order chi connectivity index (χ1) is 14.2. The third-order valence-electron chi connectivity index (χ3n) is 5.35. The number of carbonyl (C=O) groups excluding carboxylic acids is 1. The number of carbonyl (C=O) groups is 1. The highest BCUT2D eigenvalue weighted by Crippen LogP contribution is 2.25.